The lowest BCUT2D eigenvalue weighted by molar-refractivity contribution is 0.596. The van der Waals surface area contributed by atoms with Gasteiger partial charge < -0.3 is 5.73 Å². The molecule has 0 fully saturated rings. The van der Waals surface area contributed by atoms with Gasteiger partial charge in [0.15, 0.2) is 0 Å². The van der Waals surface area contributed by atoms with Crippen LogP contribution in [0.15, 0.2) is 88.7 Å². The fraction of sp³-hybridized carbons (Fsp3) is 0. The Balaban J connectivity index is 1.95. The molecule has 4 aromatic carbocycles. The van der Waals surface area contributed by atoms with E-state index in [0.717, 1.165) is 21.5 Å². The summed E-state index contributed by atoms with van der Waals surface area (Å²) >= 11 is 0. The second kappa shape index (κ2) is 5.35. The molecule has 0 aliphatic carbocycles. The summed E-state index contributed by atoms with van der Waals surface area (Å²) in [5, 5.41) is 3.56. The van der Waals surface area contributed by atoms with Crippen molar-refractivity contribution < 1.29 is 8.42 Å². The van der Waals surface area contributed by atoms with E-state index in [1.165, 1.54) is 0 Å². The highest BCUT2D eigenvalue weighted by Gasteiger charge is 2.21. The average Bonchev–Trinajstić information content (AvgIpc) is 2.61. The monoisotopic (exact) mass is 333 g/mol. The third kappa shape index (κ3) is 2.23. The van der Waals surface area contributed by atoms with Gasteiger partial charge in [0.1, 0.15) is 0 Å². The molecule has 0 saturated carbocycles. The molecule has 4 rings (SSSR count). The number of sulfone groups is 1. The van der Waals surface area contributed by atoms with Crippen LogP contribution in [0.1, 0.15) is 0 Å². The molecule has 0 radical (unpaired) electrons. The van der Waals surface area contributed by atoms with Crippen LogP contribution in [-0.4, -0.2) is 8.42 Å². The van der Waals surface area contributed by atoms with Gasteiger partial charge in [-0.2, -0.15) is 0 Å². The van der Waals surface area contributed by atoms with Gasteiger partial charge >= 0.3 is 0 Å². The van der Waals surface area contributed by atoms with Gasteiger partial charge in [0.05, 0.1) is 15.5 Å². The molecule has 4 aromatic rings. The van der Waals surface area contributed by atoms with Crippen LogP contribution in [-0.2, 0) is 9.84 Å². The lowest BCUT2D eigenvalue weighted by Crippen LogP contribution is -2.06. The van der Waals surface area contributed by atoms with Crippen molar-refractivity contribution in [1.29, 1.82) is 0 Å². The highest BCUT2D eigenvalue weighted by Crippen LogP contribution is 2.32. The van der Waals surface area contributed by atoms with Crippen molar-refractivity contribution in [3.63, 3.8) is 0 Å². The fourth-order valence-electron chi connectivity index (χ4n) is 2.97. The number of rotatable bonds is 2. The van der Waals surface area contributed by atoms with Gasteiger partial charge in [0.2, 0.25) is 9.84 Å². The van der Waals surface area contributed by atoms with Gasteiger partial charge in [-0.15, -0.1) is 0 Å². The molecule has 0 aromatic heterocycles. The van der Waals surface area contributed by atoms with Crippen LogP contribution >= 0.6 is 0 Å². The maximum Gasteiger partial charge on any atom is 0.208 e. The predicted molar refractivity (Wildman–Crippen MR) is 97.8 cm³/mol. The van der Waals surface area contributed by atoms with Gasteiger partial charge in [-0.25, -0.2) is 8.42 Å². The summed E-state index contributed by atoms with van der Waals surface area (Å²) in [5.41, 5.74) is 6.47. The molecule has 0 saturated heterocycles. The van der Waals surface area contributed by atoms with Crippen molar-refractivity contribution in [2.24, 2.45) is 0 Å². The van der Waals surface area contributed by atoms with Crippen molar-refractivity contribution in [1.82, 2.24) is 0 Å². The summed E-state index contributed by atoms with van der Waals surface area (Å²) in [5.74, 6) is 0. The number of fused-ring (bicyclic) bond motifs is 2. The fourth-order valence-corrected chi connectivity index (χ4v) is 4.40. The third-order valence-electron chi connectivity index (χ3n) is 4.25. The van der Waals surface area contributed by atoms with E-state index >= 15 is 0 Å². The molecule has 0 atom stereocenters. The molecule has 0 spiro atoms. The first kappa shape index (κ1) is 14.7. The van der Waals surface area contributed by atoms with E-state index in [4.69, 9.17) is 5.73 Å². The number of nitrogen functional groups attached to an aromatic ring is 1. The summed E-state index contributed by atoms with van der Waals surface area (Å²) in [6.45, 7) is 0. The highest BCUT2D eigenvalue weighted by atomic mass is 32.2. The maximum atomic E-state index is 13.1. The van der Waals surface area contributed by atoms with Crippen LogP contribution in [0.3, 0.4) is 0 Å². The first-order valence-corrected chi connectivity index (χ1v) is 9.07. The van der Waals surface area contributed by atoms with Gasteiger partial charge in [0.25, 0.3) is 0 Å². The van der Waals surface area contributed by atoms with Crippen LogP contribution in [0, 0.1) is 0 Å². The van der Waals surface area contributed by atoms with Crippen LogP contribution in [0.5, 0.6) is 0 Å². The van der Waals surface area contributed by atoms with Gasteiger partial charge in [0, 0.05) is 5.39 Å². The normalized spacial score (nSPS) is 11.8. The zero-order chi connectivity index (χ0) is 16.7. The van der Waals surface area contributed by atoms with Crippen molar-refractivity contribution in [2.75, 3.05) is 5.73 Å². The third-order valence-corrected chi connectivity index (χ3v) is 6.06. The predicted octanol–water partition coefficient (Wildman–Crippen LogP) is 4.41. The molecule has 3 nitrogen and oxygen atoms in total. The van der Waals surface area contributed by atoms with Gasteiger partial charge in [-0.05, 0) is 34.4 Å². The molecule has 0 heterocycles. The summed E-state index contributed by atoms with van der Waals surface area (Å²) in [6, 6.07) is 23.7. The Hall–Kier alpha value is -2.85. The van der Waals surface area contributed by atoms with Crippen LogP contribution in [0.2, 0.25) is 0 Å². The minimum absolute atomic E-state index is 0.150. The van der Waals surface area contributed by atoms with Crippen molar-refractivity contribution >= 4 is 37.1 Å². The molecular formula is C20H15NO2S. The molecule has 0 aliphatic heterocycles. The molecule has 0 unspecified atom stereocenters. The van der Waals surface area contributed by atoms with E-state index < -0.39 is 9.84 Å². The second-order valence-electron chi connectivity index (χ2n) is 5.71. The largest absolute Gasteiger partial charge is 0.397 e. The molecule has 0 bridgehead atoms. The Kier molecular flexibility index (Phi) is 3.28. The Morgan fingerprint density at radius 1 is 0.667 bits per heavy atom. The van der Waals surface area contributed by atoms with E-state index in [9.17, 15) is 8.42 Å². The van der Waals surface area contributed by atoms with Crippen molar-refractivity contribution in [2.45, 2.75) is 9.79 Å². The lowest BCUT2D eigenvalue weighted by Gasteiger charge is -2.11. The van der Waals surface area contributed by atoms with E-state index in [-0.39, 0.29) is 9.79 Å². The summed E-state index contributed by atoms with van der Waals surface area (Å²) < 4.78 is 26.1. The van der Waals surface area contributed by atoms with Gasteiger partial charge in [-0.3, -0.25) is 0 Å². The topological polar surface area (TPSA) is 60.2 Å². The van der Waals surface area contributed by atoms with Crippen molar-refractivity contribution in [3.8, 4) is 0 Å². The second-order valence-corrected chi connectivity index (χ2v) is 7.63. The molecule has 2 N–H and O–H groups in total. The van der Waals surface area contributed by atoms with E-state index in [2.05, 4.69) is 0 Å². The highest BCUT2D eigenvalue weighted by molar-refractivity contribution is 7.91. The minimum Gasteiger partial charge on any atom is -0.397 e. The average molecular weight is 333 g/mol. The van der Waals surface area contributed by atoms with Crippen LogP contribution in [0.4, 0.5) is 5.69 Å². The smallest absolute Gasteiger partial charge is 0.208 e. The SMILES string of the molecule is Nc1c(S(=O)(=O)c2ccc3ccccc3c2)ccc2ccccc12. The van der Waals surface area contributed by atoms with E-state index in [1.807, 2.05) is 54.6 Å². The molecular weight excluding hydrogens is 318 g/mol. The minimum atomic E-state index is -3.68. The molecule has 0 aliphatic rings. The number of nitrogens with two attached hydrogens (primary N) is 1. The summed E-state index contributed by atoms with van der Waals surface area (Å²) in [7, 11) is -3.68. The zero-order valence-corrected chi connectivity index (χ0v) is 13.6. The van der Waals surface area contributed by atoms with Gasteiger partial charge in [-0.1, -0.05) is 60.7 Å². The maximum absolute atomic E-state index is 13.1. The Morgan fingerprint density at radius 2 is 1.29 bits per heavy atom. The first-order chi connectivity index (χ1) is 11.6. The zero-order valence-electron chi connectivity index (χ0n) is 12.8. The number of hydrogen-bond donors (Lipinski definition) is 1. The van der Waals surface area contributed by atoms with Crippen LogP contribution < -0.4 is 5.73 Å². The Morgan fingerprint density at radius 3 is 2.08 bits per heavy atom. The quantitative estimate of drug-likeness (QED) is 0.553. The van der Waals surface area contributed by atoms with E-state index in [0.29, 0.717) is 5.69 Å². The number of benzene rings is 4. The number of anilines is 1. The molecule has 4 heteroatoms. The number of hydrogen-bond acceptors (Lipinski definition) is 3. The summed E-state index contributed by atoms with van der Waals surface area (Å²) in [6.07, 6.45) is 0. The van der Waals surface area contributed by atoms with Crippen molar-refractivity contribution in [3.05, 3.63) is 78.9 Å². The van der Waals surface area contributed by atoms with E-state index in [1.54, 1.807) is 24.3 Å². The Bertz CT molecular complexity index is 1180. The molecule has 24 heavy (non-hydrogen) atoms. The van der Waals surface area contributed by atoms with Crippen LogP contribution in [0.25, 0.3) is 21.5 Å². The first-order valence-electron chi connectivity index (χ1n) is 7.58. The standard InChI is InChI=1S/C20H15NO2S/c21-20-18-8-4-3-6-15(18)10-12-19(20)24(22,23)17-11-9-14-5-1-2-7-16(14)13-17/h1-13H,21H2. The summed E-state index contributed by atoms with van der Waals surface area (Å²) in [4.78, 5) is 0.402. The Labute approximate surface area is 140 Å². The lowest BCUT2D eigenvalue weighted by atomic mass is 10.1. The molecule has 0 amide bonds. The molecule has 118 valence electrons.